The molecule has 0 aliphatic heterocycles. The van der Waals surface area contributed by atoms with Crippen molar-refractivity contribution in [2.24, 2.45) is 0 Å². The van der Waals surface area contributed by atoms with E-state index in [2.05, 4.69) is 30.6 Å². The summed E-state index contributed by atoms with van der Waals surface area (Å²) in [6.45, 7) is 9.51. The van der Waals surface area contributed by atoms with Crippen molar-refractivity contribution < 1.29 is 0 Å². The van der Waals surface area contributed by atoms with E-state index in [-0.39, 0.29) is 5.38 Å². The molecule has 19 heavy (non-hydrogen) atoms. The van der Waals surface area contributed by atoms with Gasteiger partial charge in [-0.25, -0.2) is 0 Å². The zero-order valence-corrected chi connectivity index (χ0v) is 13.8. The van der Waals surface area contributed by atoms with E-state index >= 15 is 0 Å². The van der Waals surface area contributed by atoms with Gasteiger partial charge >= 0.3 is 0 Å². The highest BCUT2D eigenvalue weighted by molar-refractivity contribution is 6.20. The second-order valence-corrected chi connectivity index (χ2v) is 6.20. The summed E-state index contributed by atoms with van der Waals surface area (Å²) < 4.78 is 2.13. The Kier molecular flexibility index (Phi) is 7.52. The third-order valence-electron chi connectivity index (χ3n) is 3.81. The minimum Gasteiger partial charge on any atom is -0.269 e. The average molecular weight is 285 g/mol. The maximum atomic E-state index is 6.21. The fourth-order valence-corrected chi connectivity index (χ4v) is 3.04. The van der Waals surface area contributed by atoms with Crippen molar-refractivity contribution in [2.45, 2.75) is 84.6 Å². The van der Waals surface area contributed by atoms with Gasteiger partial charge in [-0.05, 0) is 27.2 Å². The molecule has 0 saturated carbocycles. The SMILES string of the molecule is CCCCCCCCCn1nc(C)c(C(C)Cl)c1C. The molecule has 1 unspecified atom stereocenters. The van der Waals surface area contributed by atoms with Crippen molar-refractivity contribution >= 4 is 11.6 Å². The Bertz CT molecular complexity index is 369. The fourth-order valence-electron chi connectivity index (χ4n) is 2.72. The van der Waals surface area contributed by atoms with Crippen LogP contribution in [0.3, 0.4) is 0 Å². The first-order valence-electron chi connectivity index (χ1n) is 7.75. The molecule has 0 saturated heterocycles. The number of rotatable bonds is 9. The van der Waals surface area contributed by atoms with Gasteiger partial charge in [0, 0.05) is 17.8 Å². The second-order valence-electron chi connectivity index (χ2n) is 5.54. The summed E-state index contributed by atoms with van der Waals surface area (Å²) in [5.74, 6) is 0. The monoisotopic (exact) mass is 284 g/mol. The van der Waals surface area contributed by atoms with E-state index in [0.29, 0.717) is 0 Å². The highest BCUT2D eigenvalue weighted by atomic mass is 35.5. The molecule has 3 heteroatoms. The number of aromatic nitrogens is 2. The van der Waals surface area contributed by atoms with E-state index in [1.54, 1.807) is 0 Å². The molecule has 1 heterocycles. The maximum Gasteiger partial charge on any atom is 0.0643 e. The summed E-state index contributed by atoms with van der Waals surface area (Å²) in [7, 11) is 0. The lowest BCUT2D eigenvalue weighted by molar-refractivity contribution is 0.514. The highest BCUT2D eigenvalue weighted by Crippen LogP contribution is 2.26. The first kappa shape index (κ1) is 16.6. The van der Waals surface area contributed by atoms with Crippen LogP contribution in [0.4, 0.5) is 0 Å². The molecule has 0 aromatic carbocycles. The van der Waals surface area contributed by atoms with E-state index < -0.39 is 0 Å². The van der Waals surface area contributed by atoms with Crippen LogP contribution in [0.5, 0.6) is 0 Å². The lowest BCUT2D eigenvalue weighted by Crippen LogP contribution is -2.03. The van der Waals surface area contributed by atoms with Crippen LogP contribution < -0.4 is 0 Å². The number of halogens is 1. The van der Waals surface area contributed by atoms with E-state index in [4.69, 9.17) is 11.6 Å². The Morgan fingerprint density at radius 1 is 1.05 bits per heavy atom. The first-order chi connectivity index (χ1) is 9.07. The Labute approximate surface area is 123 Å². The van der Waals surface area contributed by atoms with Gasteiger partial charge in [-0.15, -0.1) is 11.6 Å². The van der Waals surface area contributed by atoms with E-state index in [1.807, 2.05) is 6.92 Å². The van der Waals surface area contributed by atoms with Gasteiger partial charge in [0.25, 0.3) is 0 Å². The summed E-state index contributed by atoms with van der Waals surface area (Å²) in [6.07, 6.45) is 9.38. The lowest BCUT2D eigenvalue weighted by atomic mass is 10.1. The van der Waals surface area contributed by atoms with Gasteiger partial charge in [-0.3, -0.25) is 4.68 Å². The van der Waals surface area contributed by atoms with Crippen molar-refractivity contribution in [1.82, 2.24) is 9.78 Å². The highest BCUT2D eigenvalue weighted by Gasteiger charge is 2.15. The van der Waals surface area contributed by atoms with Crippen LogP contribution in [0.2, 0.25) is 0 Å². The Hall–Kier alpha value is -0.500. The van der Waals surface area contributed by atoms with Crippen molar-refractivity contribution in [3.63, 3.8) is 0 Å². The van der Waals surface area contributed by atoms with Crippen LogP contribution in [0, 0.1) is 13.8 Å². The van der Waals surface area contributed by atoms with E-state index in [0.717, 1.165) is 12.2 Å². The van der Waals surface area contributed by atoms with Crippen molar-refractivity contribution in [3.05, 3.63) is 17.0 Å². The minimum absolute atomic E-state index is 0.0581. The topological polar surface area (TPSA) is 17.8 Å². The van der Waals surface area contributed by atoms with E-state index in [9.17, 15) is 0 Å². The normalized spacial score (nSPS) is 12.9. The van der Waals surface area contributed by atoms with Gasteiger partial charge in [0.15, 0.2) is 0 Å². The largest absolute Gasteiger partial charge is 0.269 e. The fraction of sp³-hybridized carbons (Fsp3) is 0.812. The number of hydrogen-bond acceptors (Lipinski definition) is 1. The van der Waals surface area contributed by atoms with Gasteiger partial charge in [-0.1, -0.05) is 45.4 Å². The summed E-state index contributed by atoms with van der Waals surface area (Å²) in [5, 5.41) is 4.67. The van der Waals surface area contributed by atoms with Gasteiger partial charge in [0.2, 0.25) is 0 Å². The predicted octanol–water partition coefficient (Wildman–Crippen LogP) is 5.55. The molecule has 0 bridgehead atoms. The zero-order chi connectivity index (χ0) is 14.3. The molecule has 0 N–H and O–H groups in total. The molecule has 0 aliphatic carbocycles. The Morgan fingerprint density at radius 3 is 2.16 bits per heavy atom. The lowest BCUT2D eigenvalue weighted by Gasteiger charge is -2.06. The van der Waals surface area contributed by atoms with Crippen LogP contribution in [0.15, 0.2) is 0 Å². The summed E-state index contributed by atoms with van der Waals surface area (Å²) in [6, 6.07) is 0. The van der Waals surface area contributed by atoms with Crippen LogP contribution in [-0.2, 0) is 6.54 Å². The molecule has 2 nitrogen and oxygen atoms in total. The third-order valence-corrected chi connectivity index (χ3v) is 4.03. The number of alkyl halides is 1. The molecule has 1 atom stereocenters. The second kappa shape index (κ2) is 8.63. The molecule has 0 aliphatic rings. The Balaban J connectivity index is 2.32. The van der Waals surface area contributed by atoms with Crippen LogP contribution in [0.1, 0.15) is 81.1 Å². The van der Waals surface area contributed by atoms with Gasteiger partial charge in [0.05, 0.1) is 11.1 Å². The van der Waals surface area contributed by atoms with Gasteiger partial charge in [0.1, 0.15) is 0 Å². The third kappa shape index (κ3) is 5.18. The molecular formula is C16H29ClN2. The summed E-state index contributed by atoms with van der Waals surface area (Å²) in [5.41, 5.74) is 3.54. The predicted molar refractivity (Wildman–Crippen MR) is 84.0 cm³/mol. The molecule has 1 aromatic rings. The number of unbranched alkanes of at least 4 members (excludes halogenated alkanes) is 6. The number of hydrogen-bond donors (Lipinski definition) is 0. The number of aryl methyl sites for hydroxylation is 2. The summed E-state index contributed by atoms with van der Waals surface area (Å²) in [4.78, 5) is 0. The quantitative estimate of drug-likeness (QED) is 0.429. The summed E-state index contributed by atoms with van der Waals surface area (Å²) >= 11 is 6.21. The maximum absolute atomic E-state index is 6.21. The van der Waals surface area contributed by atoms with Crippen LogP contribution in [-0.4, -0.2) is 9.78 Å². The van der Waals surface area contributed by atoms with Crippen molar-refractivity contribution in [2.75, 3.05) is 0 Å². The van der Waals surface area contributed by atoms with Crippen molar-refractivity contribution in [3.8, 4) is 0 Å². The molecule has 1 rings (SSSR count). The standard InChI is InChI=1S/C16H29ClN2/c1-5-6-7-8-9-10-11-12-19-15(4)16(13(2)17)14(3)18-19/h13H,5-12H2,1-4H3. The van der Waals surface area contributed by atoms with Crippen LogP contribution >= 0.6 is 11.6 Å². The molecule has 0 radical (unpaired) electrons. The molecule has 0 spiro atoms. The molecule has 0 amide bonds. The molecule has 0 fully saturated rings. The minimum atomic E-state index is 0.0581. The molecule has 1 aromatic heterocycles. The molecular weight excluding hydrogens is 256 g/mol. The van der Waals surface area contributed by atoms with Crippen LogP contribution in [0.25, 0.3) is 0 Å². The zero-order valence-electron chi connectivity index (χ0n) is 13.0. The Morgan fingerprint density at radius 2 is 1.63 bits per heavy atom. The number of nitrogens with zero attached hydrogens (tertiary/aromatic N) is 2. The van der Waals surface area contributed by atoms with Gasteiger partial charge in [-0.2, -0.15) is 5.10 Å². The van der Waals surface area contributed by atoms with Gasteiger partial charge < -0.3 is 0 Å². The average Bonchev–Trinajstić information content (AvgIpc) is 2.63. The van der Waals surface area contributed by atoms with E-state index in [1.165, 1.54) is 56.2 Å². The molecule has 110 valence electrons. The first-order valence-corrected chi connectivity index (χ1v) is 8.19. The van der Waals surface area contributed by atoms with Crippen molar-refractivity contribution in [1.29, 1.82) is 0 Å². The smallest absolute Gasteiger partial charge is 0.0643 e.